The number of hydrogen-bond acceptors (Lipinski definition) is 3. The highest BCUT2D eigenvalue weighted by molar-refractivity contribution is 5.72. The van der Waals surface area contributed by atoms with Gasteiger partial charge in [0.05, 0.1) is 0 Å². The van der Waals surface area contributed by atoms with Crippen molar-refractivity contribution in [3.05, 3.63) is 57.0 Å². The van der Waals surface area contributed by atoms with E-state index in [1.807, 2.05) is 0 Å². The molecule has 2 rings (SSSR count). The fourth-order valence-corrected chi connectivity index (χ4v) is 1.80. The van der Waals surface area contributed by atoms with E-state index in [1.165, 1.54) is 18.2 Å². The molecule has 1 aromatic heterocycles. The maximum Gasteiger partial charge on any atom is 0.187 e. The number of pyridine rings is 1. The molecule has 0 fully saturated rings. The lowest BCUT2D eigenvalue weighted by Crippen LogP contribution is -2.11. The zero-order valence-corrected chi connectivity index (χ0v) is 10.8. The molecule has 0 radical (unpaired) electrons. The Kier molecular flexibility index (Phi) is 3.42. The SMILES string of the molecule is Cc1c[nH]c(/C=C/c2cc(O)ccc2O)c(C)c1=O. The van der Waals surface area contributed by atoms with Crippen molar-refractivity contribution in [3.63, 3.8) is 0 Å². The molecular formula is C15H15NO3. The lowest BCUT2D eigenvalue weighted by molar-refractivity contribution is 0.459. The number of aromatic nitrogens is 1. The maximum atomic E-state index is 11.8. The highest BCUT2D eigenvalue weighted by Gasteiger charge is 2.03. The third-order valence-corrected chi connectivity index (χ3v) is 2.99. The van der Waals surface area contributed by atoms with Crippen LogP contribution in [0.25, 0.3) is 12.2 Å². The zero-order chi connectivity index (χ0) is 14.0. The van der Waals surface area contributed by atoms with Crippen LogP contribution in [0.5, 0.6) is 11.5 Å². The highest BCUT2D eigenvalue weighted by Crippen LogP contribution is 2.24. The van der Waals surface area contributed by atoms with E-state index in [4.69, 9.17) is 0 Å². The number of benzene rings is 1. The molecule has 0 aliphatic heterocycles. The van der Waals surface area contributed by atoms with Crippen molar-refractivity contribution < 1.29 is 10.2 Å². The quantitative estimate of drug-likeness (QED) is 0.724. The second-order valence-corrected chi connectivity index (χ2v) is 4.42. The molecule has 0 aliphatic carbocycles. The topological polar surface area (TPSA) is 73.3 Å². The molecule has 0 saturated carbocycles. The Morgan fingerprint density at radius 2 is 1.89 bits per heavy atom. The molecule has 0 aliphatic rings. The van der Waals surface area contributed by atoms with E-state index in [9.17, 15) is 15.0 Å². The molecule has 0 saturated heterocycles. The van der Waals surface area contributed by atoms with E-state index in [0.29, 0.717) is 22.4 Å². The summed E-state index contributed by atoms with van der Waals surface area (Å²) in [7, 11) is 0. The van der Waals surface area contributed by atoms with Crippen LogP contribution in [0.15, 0.2) is 29.2 Å². The normalized spacial score (nSPS) is 11.1. The van der Waals surface area contributed by atoms with Crippen LogP contribution >= 0.6 is 0 Å². The van der Waals surface area contributed by atoms with Crippen molar-refractivity contribution in [2.24, 2.45) is 0 Å². The molecule has 0 atom stereocenters. The van der Waals surface area contributed by atoms with Gasteiger partial charge in [-0.25, -0.2) is 0 Å². The molecule has 4 heteroatoms. The molecule has 19 heavy (non-hydrogen) atoms. The van der Waals surface area contributed by atoms with Crippen molar-refractivity contribution >= 4 is 12.2 Å². The lowest BCUT2D eigenvalue weighted by atomic mass is 10.1. The predicted molar refractivity (Wildman–Crippen MR) is 75.2 cm³/mol. The van der Waals surface area contributed by atoms with Crippen LogP contribution in [0, 0.1) is 13.8 Å². The number of nitrogens with one attached hydrogen (secondary N) is 1. The van der Waals surface area contributed by atoms with Gasteiger partial charge >= 0.3 is 0 Å². The summed E-state index contributed by atoms with van der Waals surface area (Å²) in [5.74, 6) is 0.146. The largest absolute Gasteiger partial charge is 0.508 e. The van der Waals surface area contributed by atoms with Gasteiger partial charge in [0.25, 0.3) is 0 Å². The number of phenolic OH excluding ortho intramolecular Hbond substituents is 2. The average molecular weight is 257 g/mol. The van der Waals surface area contributed by atoms with Crippen molar-refractivity contribution in [1.82, 2.24) is 4.98 Å². The predicted octanol–water partition coefficient (Wildman–Crippen LogP) is 2.57. The fraction of sp³-hybridized carbons (Fsp3) is 0.133. The van der Waals surface area contributed by atoms with Gasteiger partial charge in [0.1, 0.15) is 11.5 Å². The Hall–Kier alpha value is -2.49. The number of aromatic amines is 1. The van der Waals surface area contributed by atoms with Gasteiger partial charge in [-0.3, -0.25) is 4.79 Å². The van der Waals surface area contributed by atoms with Gasteiger partial charge in [-0.15, -0.1) is 0 Å². The van der Waals surface area contributed by atoms with E-state index in [2.05, 4.69) is 4.98 Å². The first-order valence-electron chi connectivity index (χ1n) is 5.88. The summed E-state index contributed by atoms with van der Waals surface area (Å²) < 4.78 is 0. The number of aryl methyl sites for hydroxylation is 1. The number of aromatic hydroxyl groups is 2. The molecule has 0 unspecified atom stereocenters. The van der Waals surface area contributed by atoms with Crippen LogP contribution in [-0.4, -0.2) is 15.2 Å². The minimum atomic E-state index is -0.00136. The molecule has 0 spiro atoms. The van der Waals surface area contributed by atoms with Crippen molar-refractivity contribution in [2.75, 3.05) is 0 Å². The van der Waals surface area contributed by atoms with Crippen molar-refractivity contribution in [3.8, 4) is 11.5 Å². The van der Waals surface area contributed by atoms with Gasteiger partial charge in [-0.1, -0.05) is 0 Å². The smallest absolute Gasteiger partial charge is 0.187 e. The fourth-order valence-electron chi connectivity index (χ4n) is 1.80. The first kappa shape index (κ1) is 13.0. The van der Waals surface area contributed by atoms with Crippen LogP contribution in [0.3, 0.4) is 0 Å². The first-order chi connectivity index (χ1) is 8.99. The standard InChI is InChI=1S/C15H15NO3/c1-9-8-16-13(10(2)15(9)19)5-3-11-7-12(17)4-6-14(11)18/h3-8,17-18H,1-2H3,(H,16,19)/b5-3+. The second-order valence-electron chi connectivity index (χ2n) is 4.42. The van der Waals surface area contributed by atoms with Crippen LogP contribution in [0.4, 0.5) is 0 Å². The third-order valence-electron chi connectivity index (χ3n) is 2.99. The van der Waals surface area contributed by atoms with E-state index in [1.54, 1.807) is 32.2 Å². The summed E-state index contributed by atoms with van der Waals surface area (Å²) in [6.07, 6.45) is 4.99. The molecule has 0 bridgehead atoms. The van der Waals surface area contributed by atoms with Gasteiger partial charge in [0.15, 0.2) is 5.43 Å². The molecule has 2 aromatic rings. The number of phenols is 2. The summed E-state index contributed by atoms with van der Waals surface area (Å²) >= 11 is 0. The Balaban J connectivity index is 2.41. The van der Waals surface area contributed by atoms with E-state index in [-0.39, 0.29) is 16.9 Å². The summed E-state index contributed by atoms with van der Waals surface area (Å²) in [5.41, 5.74) is 2.45. The molecule has 98 valence electrons. The first-order valence-corrected chi connectivity index (χ1v) is 5.88. The molecule has 4 nitrogen and oxygen atoms in total. The van der Waals surface area contributed by atoms with Gasteiger partial charge < -0.3 is 15.2 Å². The summed E-state index contributed by atoms with van der Waals surface area (Å²) in [5, 5.41) is 19.0. The van der Waals surface area contributed by atoms with Crippen LogP contribution in [0.1, 0.15) is 22.4 Å². The highest BCUT2D eigenvalue weighted by atomic mass is 16.3. The minimum absolute atomic E-state index is 0.00136. The Bertz CT molecular complexity index is 699. The Labute approximate surface area is 110 Å². The van der Waals surface area contributed by atoms with E-state index >= 15 is 0 Å². The molecule has 0 amide bonds. The zero-order valence-electron chi connectivity index (χ0n) is 10.8. The number of hydrogen-bond donors (Lipinski definition) is 3. The monoisotopic (exact) mass is 257 g/mol. The minimum Gasteiger partial charge on any atom is -0.508 e. The number of H-pyrrole nitrogens is 1. The van der Waals surface area contributed by atoms with Crippen molar-refractivity contribution in [1.29, 1.82) is 0 Å². The molecule has 1 heterocycles. The average Bonchev–Trinajstić information content (AvgIpc) is 2.39. The van der Waals surface area contributed by atoms with Gasteiger partial charge in [-0.05, 0) is 44.2 Å². The van der Waals surface area contributed by atoms with Crippen LogP contribution in [0.2, 0.25) is 0 Å². The van der Waals surface area contributed by atoms with E-state index in [0.717, 1.165) is 0 Å². The Morgan fingerprint density at radius 1 is 1.16 bits per heavy atom. The lowest BCUT2D eigenvalue weighted by Gasteiger charge is -2.03. The molecular weight excluding hydrogens is 242 g/mol. The third kappa shape index (κ3) is 2.68. The summed E-state index contributed by atoms with van der Waals surface area (Å²) in [6, 6.07) is 4.28. The van der Waals surface area contributed by atoms with Crippen molar-refractivity contribution in [2.45, 2.75) is 13.8 Å². The Morgan fingerprint density at radius 3 is 2.63 bits per heavy atom. The summed E-state index contributed by atoms with van der Waals surface area (Å²) in [6.45, 7) is 3.49. The van der Waals surface area contributed by atoms with Crippen LogP contribution < -0.4 is 5.43 Å². The molecule has 1 aromatic carbocycles. The van der Waals surface area contributed by atoms with Gasteiger partial charge in [-0.2, -0.15) is 0 Å². The maximum absolute atomic E-state index is 11.8. The second kappa shape index (κ2) is 5.02. The van der Waals surface area contributed by atoms with Gasteiger partial charge in [0.2, 0.25) is 0 Å². The van der Waals surface area contributed by atoms with E-state index < -0.39 is 0 Å². The van der Waals surface area contributed by atoms with Crippen LogP contribution in [-0.2, 0) is 0 Å². The van der Waals surface area contributed by atoms with Gasteiger partial charge in [0, 0.05) is 28.6 Å². The molecule has 3 N–H and O–H groups in total. The number of rotatable bonds is 2. The summed E-state index contributed by atoms with van der Waals surface area (Å²) in [4.78, 5) is 14.8.